The van der Waals surface area contributed by atoms with Gasteiger partial charge in [-0.3, -0.25) is 4.90 Å². The Labute approximate surface area is 115 Å². The lowest BCUT2D eigenvalue weighted by Gasteiger charge is -2.32. The van der Waals surface area contributed by atoms with Crippen molar-refractivity contribution in [2.45, 2.75) is 59.0 Å². The van der Waals surface area contributed by atoms with Gasteiger partial charge in [0.2, 0.25) is 0 Å². The molecule has 0 aliphatic carbocycles. The van der Waals surface area contributed by atoms with Gasteiger partial charge in [-0.05, 0) is 46.6 Å². The second-order valence-corrected chi connectivity index (χ2v) is 5.79. The Balaban J connectivity index is 4.14. The molecular weight excluding hydrogens is 222 g/mol. The van der Waals surface area contributed by atoms with Crippen LogP contribution in [0.15, 0.2) is 0 Å². The number of hydrogen-bond acceptors (Lipinski definition) is 3. The predicted octanol–water partition coefficient (Wildman–Crippen LogP) is 2.43. The molecule has 0 fully saturated rings. The van der Waals surface area contributed by atoms with E-state index in [0.717, 1.165) is 13.1 Å². The predicted molar refractivity (Wildman–Crippen MR) is 82.3 cm³/mol. The van der Waals surface area contributed by atoms with E-state index in [4.69, 9.17) is 0 Å². The van der Waals surface area contributed by atoms with Crippen molar-refractivity contribution in [2.24, 2.45) is 0 Å². The van der Waals surface area contributed by atoms with Crippen LogP contribution in [-0.4, -0.2) is 62.2 Å². The molecule has 0 saturated carbocycles. The summed E-state index contributed by atoms with van der Waals surface area (Å²) in [4.78, 5) is 4.91. The average molecular weight is 257 g/mol. The summed E-state index contributed by atoms with van der Waals surface area (Å²) < 4.78 is 0. The molecule has 0 radical (unpaired) electrons. The van der Waals surface area contributed by atoms with Crippen molar-refractivity contribution in [3.8, 4) is 0 Å². The van der Waals surface area contributed by atoms with Crippen LogP contribution in [0.25, 0.3) is 0 Å². The number of hydrogen-bond donors (Lipinski definition) is 1. The van der Waals surface area contributed by atoms with Gasteiger partial charge in [0.25, 0.3) is 0 Å². The maximum atomic E-state index is 3.59. The molecule has 0 saturated heterocycles. The highest BCUT2D eigenvalue weighted by atomic mass is 15.2. The average Bonchev–Trinajstić information content (AvgIpc) is 2.30. The maximum absolute atomic E-state index is 3.59. The standard InChI is InChI=1S/C15H35N3/c1-7-10-15(13-16-14(3)4)18(8-2)12-9-11-17(5)6/h14-16H,7-13H2,1-6H3. The van der Waals surface area contributed by atoms with Gasteiger partial charge in [0.1, 0.15) is 0 Å². The van der Waals surface area contributed by atoms with Gasteiger partial charge < -0.3 is 10.2 Å². The minimum Gasteiger partial charge on any atom is -0.313 e. The van der Waals surface area contributed by atoms with Crippen LogP contribution in [-0.2, 0) is 0 Å². The van der Waals surface area contributed by atoms with Crippen molar-refractivity contribution in [1.29, 1.82) is 0 Å². The molecule has 3 heteroatoms. The minimum absolute atomic E-state index is 0.588. The van der Waals surface area contributed by atoms with Crippen LogP contribution in [0.2, 0.25) is 0 Å². The third kappa shape index (κ3) is 8.90. The first-order valence-corrected chi connectivity index (χ1v) is 7.63. The smallest absolute Gasteiger partial charge is 0.0220 e. The van der Waals surface area contributed by atoms with Crippen molar-refractivity contribution in [3.05, 3.63) is 0 Å². The van der Waals surface area contributed by atoms with E-state index in [0.29, 0.717) is 12.1 Å². The molecule has 1 unspecified atom stereocenters. The van der Waals surface area contributed by atoms with E-state index in [-0.39, 0.29) is 0 Å². The van der Waals surface area contributed by atoms with Gasteiger partial charge in [-0.1, -0.05) is 34.1 Å². The van der Waals surface area contributed by atoms with Crippen LogP contribution in [0.3, 0.4) is 0 Å². The molecule has 0 aromatic rings. The molecule has 0 aliphatic heterocycles. The number of nitrogens with zero attached hydrogens (tertiary/aromatic N) is 2. The summed E-state index contributed by atoms with van der Waals surface area (Å²) in [6.45, 7) is 13.7. The summed E-state index contributed by atoms with van der Waals surface area (Å²) in [6.07, 6.45) is 3.84. The minimum atomic E-state index is 0.588. The Morgan fingerprint density at radius 2 is 1.72 bits per heavy atom. The molecule has 0 aromatic carbocycles. The van der Waals surface area contributed by atoms with E-state index in [2.05, 4.69) is 56.9 Å². The summed E-state index contributed by atoms with van der Waals surface area (Å²) in [5.41, 5.74) is 0. The topological polar surface area (TPSA) is 18.5 Å². The Hall–Kier alpha value is -0.120. The number of likely N-dealkylation sites (N-methyl/N-ethyl adjacent to an activating group) is 1. The summed E-state index contributed by atoms with van der Waals surface area (Å²) in [5, 5.41) is 3.59. The number of rotatable bonds is 11. The largest absolute Gasteiger partial charge is 0.313 e. The Morgan fingerprint density at radius 3 is 2.17 bits per heavy atom. The monoisotopic (exact) mass is 257 g/mol. The van der Waals surface area contributed by atoms with Crippen molar-refractivity contribution < 1.29 is 0 Å². The third-order valence-corrected chi connectivity index (χ3v) is 3.36. The zero-order valence-electron chi connectivity index (χ0n) is 13.5. The second-order valence-electron chi connectivity index (χ2n) is 5.79. The molecule has 1 N–H and O–H groups in total. The van der Waals surface area contributed by atoms with Crippen LogP contribution < -0.4 is 5.32 Å². The fraction of sp³-hybridized carbons (Fsp3) is 1.00. The number of nitrogens with one attached hydrogen (secondary N) is 1. The molecule has 0 aliphatic rings. The van der Waals surface area contributed by atoms with Gasteiger partial charge >= 0.3 is 0 Å². The fourth-order valence-electron chi connectivity index (χ4n) is 2.31. The van der Waals surface area contributed by atoms with E-state index in [9.17, 15) is 0 Å². The Morgan fingerprint density at radius 1 is 1.06 bits per heavy atom. The van der Waals surface area contributed by atoms with Crippen LogP contribution in [0.4, 0.5) is 0 Å². The summed E-state index contributed by atoms with van der Waals surface area (Å²) in [5.74, 6) is 0. The van der Waals surface area contributed by atoms with Crippen molar-refractivity contribution in [2.75, 3.05) is 40.3 Å². The van der Waals surface area contributed by atoms with Gasteiger partial charge in [0, 0.05) is 18.6 Å². The van der Waals surface area contributed by atoms with Crippen LogP contribution >= 0.6 is 0 Å². The van der Waals surface area contributed by atoms with Crippen LogP contribution in [0, 0.1) is 0 Å². The molecule has 3 nitrogen and oxygen atoms in total. The second kappa shape index (κ2) is 10.8. The van der Waals surface area contributed by atoms with E-state index in [1.54, 1.807) is 0 Å². The van der Waals surface area contributed by atoms with E-state index in [1.807, 2.05) is 0 Å². The van der Waals surface area contributed by atoms with Crippen molar-refractivity contribution >= 4 is 0 Å². The highest BCUT2D eigenvalue weighted by molar-refractivity contribution is 4.74. The van der Waals surface area contributed by atoms with Crippen LogP contribution in [0.1, 0.15) is 47.0 Å². The molecule has 0 amide bonds. The lowest BCUT2D eigenvalue weighted by atomic mass is 10.1. The SMILES string of the molecule is CCCC(CNC(C)C)N(CC)CCCN(C)C. The van der Waals surface area contributed by atoms with Gasteiger partial charge in [-0.25, -0.2) is 0 Å². The molecule has 18 heavy (non-hydrogen) atoms. The van der Waals surface area contributed by atoms with E-state index >= 15 is 0 Å². The Bertz CT molecular complexity index is 181. The van der Waals surface area contributed by atoms with E-state index in [1.165, 1.54) is 32.4 Å². The first-order valence-electron chi connectivity index (χ1n) is 7.63. The molecule has 0 bridgehead atoms. The molecule has 0 rings (SSSR count). The highest BCUT2D eigenvalue weighted by Crippen LogP contribution is 2.07. The summed E-state index contributed by atoms with van der Waals surface area (Å²) >= 11 is 0. The van der Waals surface area contributed by atoms with Gasteiger partial charge in [0.05, 0.1) is 0 Å². The molecule has 0 heterocycles. The molecule has 0 aromatic heterocycles. The zero-order valence-corrected chi connectivity index (χ0v) is 13.5. The van der Waals surface area contributed by atoms with Crippen LogP contribution in [0.5, 0.6) is 0 Å². The highest BCUT2D eigenvalue weighted by Gasteiger charge is 2.15. The van der Waals surface area contributed by atoms with Crippen molar-refractivity contribution in [3.63, 3.8) is 0 Å². The van der Waals surface area contributed by atoms with E-state index < -0.39 is 0 Å². The molecular formula is C15H35N3. The lowest BCUT2D eigenvalue weighted by Crippen LogP contribution is -2.44. The molecule has 110 valence electrons. The van der Waals surface area contributed by atoms with Gasteiger partial charge in [-0.15, -0.1) is 0 Å². The van der Waals surface area contributed by atoms with Crippen molar-refractivity contribution in [1.82, 2.24) is 15.1 Å². The molecule has 1 atom stereocenters. The molecule has 0 spiro atoms. The fourth-order valence-corrected chi connectivity index (χ4v) is 2.31. The zero-order chi connectivity index (χ0) is 14.0. The third-order valence-electron chi connectivity index (χ3n) is 3.36. The Kier molecular flexibility index (Phi) is 10.7. The normalized spacial score (nSPS) is 13.8. The summed E-state index contributed by atoms with van der Waals surface area (Å²) in [6, 6.07) is 1.29. The van der Waals surface area contributed by atoms with Gasteiger partial charge in [-0.2, -0.15) is 0 Å². The summed E-state index contributed by atoms with van der Waals surface area (Å²) in [7, 11) is 4.31. The quantitative estimate of drug-likeness (QED) is 0.613. The van der Waals surface area contributed by atoms with Gasteiger partial charge in [0.15, 0.2) is 0 Å². The first kappa shape index (κ1) is 17.9. The first-order chi connectivity index (χ1) is 8.51. The maximum Gasteiger partial charge on any atom is 0.0220 e. The lowest BCUT2D eigenvalue weighted by molar-refractivity contribution is 0.179.